The topological polar surface area (TPSA) is 69.8 Å². The summed E-state index contributed by atoms with van der Waals surface area (Å²) in [5.74, 6) is -0.305. The van der Waals surface area contributed by atoms with Gasteiger partial charge in [-0.3, -0.25) is 20.7 Å². The SMILES string of the molecule is C=C(NNC(=O)c1cc(-c2ccc(CC)cc2)n[nH]1)c1ccccc1. The molecule has 0 atom stereocenters. The van der Waals surface area contributed by atoms with Crippen molar-refractivity contribution < 1.29 is 4.79 Å². The Morgan fingerprint density at radius 2 is 1.80 bits per heavy atom. The average Bonchev–Trinajstić information content (AvgIpc) is 3.17. The summed E-state index contributed by atoms with van der Waals surface area (Å²) < 4.78 is 0. The molecule has 0 saturated heterocycles. The van der Waals surface area contributed by atoms with Crippen molar-refractivity contribution in [1.29, 1.82) is 0 Å². The van der Waals surface area contributed by atoms with E-state index in [2.05, 4.69) is 46.7 Å². The average molecular weight is 332 g/mol. The first kappa shape index (κ1) is 16.5. The molecule has 25 heavy (non-hydrogen) atoms. The van der Waals surface area contributed by atoms with Gasteiger partial charge >= 0.3 is 0 Å². The number of H-pyrrole nitrogens is 1. The Kier molecular flexibility index (Phi) is 4.95. The predicted octanol–water partition coefficient (Wildman–Crippen LogP) is 3.54. The molecule has 3 aromatic rings. The van der Waals surface area contributed by atoms with Crippen LogP contribution in [0.3, 0.4) is 0 Å². The van der Waals surface area contributed by atoms with Crippen molar-refractivity contribution in [2.45, 2.75) is 13.3 Å². The third kappa shape index (κ3) is 3.95. The number of aromatic nitrogens is 2. The van der Waals surface area contributed by atoms with Crippen molar-refractivity contribution in [3.8, 4) is 11.3 Å². The minimum atomic E-state index is -0.305. The van der Waals surface area contributed by atoms with E-state index in [1.54, 1.807) is 6.07 Å². The molecular formula is C20H20N4O. The van der Waals surface area contributed by atoms with Crippen LogP contribution in [0.15, 0.2) is 67.2 Å². The summed E-state index contributed by atoms with van der Waals surface area (Å²) in [5, 5.41) is 6.98. The number of hydrazine groups is 1. The maximum Gasteiger partial charge on any atom is 0.287 e. The summed E-state index contributed by atoms with van der Waals surface area (Å²) in [4.78, 5) is 12.2. The van der Waals surface area contributed by atoms with Crippen LogP contribution in [0.4, 0.5) is 0 Å². The maximum atomic E-state index is 12.2. The molecule has 0 fully saturated rings. The fourth-order valence-corrected chi connectivity index (χ4v) is 2.41. The molecule has 3 rings (SSSR count). The standard InChI is InChI=1S/C20H20N4O/c1-3-15-9-11-17(12-10-15)18-13-19(23-22-18)20(25)24-21-14(2)16-7-5-4-6-8-16/h4-13,21H,2-3H2,1H3,(H,22,23)(H,24,25). The van der Waals surface area contributed by atoms with Crippen molar-refractivity contribution in [2.24, 2.45) is 0 Å². The van der Waals surface area contributed by atoms with Gasteiger partial charge in [0.05, 0.1) is 11.4 Å². The number of aromatic amines is 1. The lowest BCUT2D eigenvalue weighted by molar-refractivity contribution is 0.0937. The van der Waals surface area contributed by atoms with Crippen molar-refractivity contribution >= 4 is 11.6 Å². The van der Waals surface area contributed by atoms with Gasteiger partial charge in [-0.25, -0.2) is 0 Å². The number of amides is 1. The number of nitrogens with zero attached hydrogens (tertiary/aromatic N) is 1. The van der Waals surface area contributed by atoms with Gasteiger partial charge in [0.2, 0.25) is 0 Å². The summed E-state index contributed by atoms with van der Waals surface area (Å²) >= 11 is 0. The van der Waals surface area contributed by atoms with Crippen LogP contribution in [0.1, 0.15) is 28.5 Å². The van der Waals surface area contributed by atoms with E-state index in [4.69, 9.17) is 0 Å². The number of rotatable bonds is 6. The Morgan fingerprint density at radius 3 is 2.48 bits per heavy atom. The zero-order valence-electron chi connectivity index (χ0n) is 14.0. The van der Waals surface area contributed by atoms with Gasteiger partial charge in [-0.05, 0) is 23.6 Å². The number of aryl methyl sites for hydroxylation is 1. The lowest BCUT2D eigenvalue weighted by atomic mass is 10.1. The lowest BCUT2D eigenvalue weighted by Crippen LogP contribution is -2.36. The molecular weight excluding hydrogens is 312 g/mol. The van der Waals surface area contributed by atoms with Gasteiger partial charge < -0.3 is 0 Å². The first-order valence-electron chi connectivity index (χ1n) is 8.12. The highest BCUT2D eigenvalue weighted by Crippen LogP contribution is 2.18. The van der Waals surface area contributed by atoms with E-state index in [0.29, 0.717) is 11.4 Å². The zero-order chi connectivity index (χ0) is 17.6. The Labute approximate surface area is 146 Å². The summed E-state index contributed by atoms with van der Waals surface area (Å²) in [5.41, 5.74) is 10.3. The largest absolute Gasteiger partial charge is 0.298 e. The number of hydrogen-bond acceptors (Lipinski definition) is 3. The Hall–Kier alpha value is -3.34. The highest BCUT2D eigenvalue weighted by Gasteiger charge is 2.11. The van der Waals surface area contributed by atoms with Gasteiger partial charge in [-0.15, -0.1) is 0 Å². The fraction of sp³-hybridized carbons (Fsp3) is 0.100. The van der Waals surface area contributed by atoms with Crippen molar-refractivity contribution in [2.75, 3.05) is 0 Å². The number of carbonyl (C=O) groups excluding carboxylic acids is 1. The van der Waals surface area contributed by atoms with E-state index < -0.39 is 0 Å². The fourth-order valence-electron chi connectivity index (χ4n) is 2.41. The maximum absolute atomic E-state index is 12.2. The molecule has 126 valence electrons. The molecule has 0 aliphatic rings. The van der Waals surface area contributed by atoms with Crippen molar-refractivity contribution in [1.82, 2.24) is 21.0 Å². The number of benzene rings is 2. The molecule has 0 aliphatic carbocycles. The molecule has 0 bridgehead atoms. The number of carbonyl (C=O) groups is 1. The summed E-state index contributed by atoms with van der Waals surface area (Å²) in [6, 6.07) is 19.4. The minimum absolute atomic E-state index is 0.305. The van der Waals surface area contributed by atoms with Gasteiger partial charge in [0.25, 0.3) is 5.91 Å². The normalized spacial score (nSPS) is 10.3. The third-order valence-electron chi connectivity index (χ3n) is 3.93. The van der Waals surface area contributed by atoms with E-state index in [1.807, 2.05) is 42.5 Å². The second-order valence-corrected chi connectivity index (χ2v) is 5.64. The van der Waals surface area contributed by atoms with E-state index in [0.717, 1.165) is 23.2 Å². The van der Waals surface area contributed by atoms with Gasteiger partial charge in [0, 0.05) is 5.56 Å². The second-order valence-electron chi connectivity index (χ2n) is 5.64. The van der Waals surface area contributed by atoms with Crippen LogP contribution in [0.2, 0.25) is 0 Å². The zero-order valence-corrected chi connectivity index (χ0v) is 14.0. The highest BCUT2D eigenvalue weighted by molar-refractivity contribution is 5.93. The first-order chi connectivity index (χ1) is 12.2. The predicted molar refractivity (Wildman–Crippen MR) is 99.5 cm³/mol. The van der Waals surface area contributed by atoms with Crippen LogP contribution >= 0.6 is 0 Å². The Morgan fingerprint density at radius 1 is 1.08 bits per heavy atom. The number of hydrogen-bond donors (Lipinski definition) is 3. The summed E-state index contributed by atoms with van der Waals surface area (Å²) in [7, 11) is 0. The van der Waals surface area contributed by atoms with E-state index >= 15 is 0 Å². The molecule has 0 radical (unpaired) electrons. The molecule has 5 heteroatoms. The second kappa shape index (κ2) is 7.49. The Balaban J connectivity index is 1.63. The van der Waals surface area contributed by atoms with Crippen molar-refractivity contribution in [3.63, 3.8) is 0 Å². The van der Waals surface area contributed by atoms with Crippen LogP contribution in [-0.2, 0) is 6.42 Å². The third-order valence-corrected chi connectivity index (χ3v) is 3.93. The molecule has 3 N–H and O–H groups in total. The molecule has 2 aromatic carbocycles. The molecule has 1 heterocycles. The molecule has 0 aliphatic heterocycles. The molecule has 0 saturated carbocycles. The molecule has 1 aromatic heterocycles. The summed E-state index contributed by atoms with van der Waals surface area (Å²) in [6.45, 7) is 6.02. The van der Waals surface area contributed by atoms with Gasteiger partial charge in [-0.1, -0.05) is 68.1 Å². The Bertz CT molecular complexity index is 866. The molecule has 5 nitrogen and oxygen atoms in total. The van der Waals surface area contributed by atoms with Crippen molar-refractivity contribution in [3.05, 3.63) is 84.1 Å². The smallest absolute Gasteiger partial charge is 0.287 e. The lowest BCUT2D eigenvalue weighted by Gasteiger charge is -2.10. The van der Waals surface area contributed by atoms with Gasteiger partial charge in [-0.2, -0.15) is 5.10 Å². The molecule has 1 amide bonds. The molecule has 0 unspecified atom stereocenters. The van der Waals surface area contributed by atoms with Crippen LogP contribution in [0.5, 0.6) is 0 Å². The van der Waals surface area contributed by atoms with Gasteiger partial charge in [0.15, 0.2) is 0 Å². The molecule has 0 spiro atoms. The van der Waals surface area contributed by atoms with E-state index in [9.17, 15) is 4.79 Å². The monoisotopic (exact) mass is 332 g/mol. The van der Waals surface area contributed by atoms with E-state index in [1.165, 1.54) is 5.56 Å². The summed E-state index contributed by atoms with van der Waals surface area (Å²) in [6.07, 6.45) is 0.992. The van der Waals surface area contributed by atoms with Crippen LogP contribution < -0.4 is 10.9 Å². The number of nitrogens with one attached hydrogen (secondary N) is 3. The van der Waals surface area contributed by atoms with Gasteiger partial charge in [0.1, 0.15) is 5.69 Å². The first-order valence-corrected chi connectivity index (χ1v) is 8.12. The highest BCUT2D eigenvalue weighted by atomic mass is 16.2. The van der Waals surface area contributed by atoms with Crippen LogP contribution in [-0.4, -0.2) is 16.1 Å². The van der Waals surface area contributed by atoms with Crippen LogP contribution in [0, 0.1) is 0 Å². The minimum Gasteiger partial charge on any atom is -0.298 e. The quantitative estimate of drug-likeness (QED) is 0.605. The van der Waals surface area contributed by atoms with Crippen LogP contribution in [0.25, 0.3) is 17.0 Å². The van der Waals surface area contributed by atoms with E-state index in [-0.39, 0.29) is 5.91 Å².